The van der Waals surface area contributed by atoms with E-state index in [2.05, 4.69) is 34.6 Å². The van der Waals surface area contributed by atoms with Crippen LogP contribution in [0.25, 0.3) is 11.3 Å². The van der Waals surface area contributed by atoms with Gasteiger partial charge in [0.05, 0.1) is 23.4 Å². The SMILES string of the molecule is CCn1nc(C(=O)NCC2CCC(C)CC2)c(Cl)c1-c1cnc(NC2CC2C)cc1OC. The molecule has 0 aromatic carbocycles. The number of pyridine rings is 1. The van der Waals surface area contributed by atoms with Gasteiger partial charge in [0, 0.05) is 31.4 Å². The van der Waals surface area contributed by atoms with Gasteiger partial charge in [0.2, 0.25) is 0 Å². The van der Waals surface area contributed by atoms with Gasteiger partial charge in [-0.1, -0.05) is 38.3 Å². The molecule has 0 bridgehead atoms. The van der Waals surface area contributed by atoms with Crippen molar-refractivity contribution in [3.63, 3.8) is 0 Å². The Bertz CT molecular complexity index is 968. The number of hydrogen-bond acceptors (Lipinski definition) is 5. The number of carbonyl (C=O) groups is 1. The molecule has 2 saturated carbocycles. The average molecular weight is 460 g/mol. The van der Waals surface area contributed by atoms with Gasteiger partial charge in [-0.2, -0.15) is 5.10 Å². The number of ether oxygens (including phenoxy) is 1. The van der Waals surface area contributed by atoms with Gasteiger partial charge >= 0.3 is 0 Å². The summed E-state index contributed by atoms with van der Waals surface area (Å²) in [6.45, 7) is 7.73. The summed E-state index contributed by atoms with van der Waals surface area (Å²) >= 11 is 6.72. The maximum atomic E-state index is 12.9. The van der Waals surface area contributed by atoms with Crippen LogP contribution in [0.2, 0.25) is 5.02 Å². The van der Waals surface area contributed by atoms with Gasteiger partial charge in [-0.05, 0) is 43.9 Å². The van der Waals surface area contributed by atoms with Crippen LogP contribution < -0.4 is 15.4 Å². The van der Waals surface area contributed by atoms with Crippen molar-refractivity contribution in [1.82, 2.24) is 20.1 Å². The van der Waals surface area contributed by atoms with Crippen molar-refractivity contribution in [2.45, 2.75) is 65.5 Å². The highest BCUT2D eigenvalue weighted by Crippen LogP contribution is 2.39. The number of hydrogen-bond donors (Lipinski definition) is 2. The highest BCUT2D eigenvalue weighted by Gasteiger charge is 2.33. The van der Waals surface area contributed by atoms with Gasteiger partial charge in [0.1, 0.15) is 11.6 Å². The van der Waals surface area contributed by atoms with Gasteiger partial charge in [0.15, 0.2) is 5.69 Å². The summed E-state index contributed by atoms with van der Waals surface area (Å²) in [7, 11) is 1.63. The largest absolute Gasteiger partial charge is 0.496 e. The summed E-state index contributed by atoms with van der Waals surface area (Å²) in [5, 5.41) is 11.3. The van der Waals surface area contributed by atoms with E-state index in [0.717, 1.165) is 36.6 Å². The number of amides is 1. The van der Waals surface area contributed by atoms with E-state index in [9.17, 15) is 4.79 Å². The molecule has 0 spiro atoms. The minimum absolute atomic E-state index is 0.227. The smallest absolute Gasteiger partial charge is 0.273 e. The molecule has 0 aliphatic heterocycles. The Morgan fingerprint density at radius 1 is 1.28 bits per heavy atom. The number of nitrogens with zero attached hydrogens (tertiary/aromatic N) is 3. The van der Waals surface area contributed by atoms with Crippen molar-refractivity contribution < 1.29 is 9.53 Å². The number of nitrogens with one attached hydrogen (secondary N) is 2. The first-order valence-electron chi connectivity index (χ1n) is 11.8. The molecule has 2 atom stereocenters. The molecule has 7 nitrogen and oxygen atoms in total. The van der Waals surface area contributed by atoms with Crippen molar-refractivity contribution in [2.75, 3.05) is 19.0 Å². The first kappa shape index (κ1) is 22.9. The van der Waals surface area contributed by atoms with Crippen LogP contribution in [0, 0.1) is 17.8 Å². The fourth-order valence-electron chi connectivity index (χ4n) is 4.50. The van der Waals surface area contributed by atoms with Crippen molar-refractivity contribution in [1.29, 1.82) is 0 Å². The molecule has 2 unspecified atom stereocenters. The van der Waals surface area contributed by atoms with E-state index in [-0.39, 0.29) is 11.6 Å². The Morgan fingerprint density at radius 2 is 2.00 bits per heavy atom. The zero-order valence-electron chi connectivity index (χ0n) is 19.4. The molecule has 4 rings (SSSR count). The summed E-state index contributed by atoms with van der Waals surface area (Å²) in [6.07, 6.45) is 7.67. The predicted octanol–water partition coefficient (Wildman–Crippen LogP) is 5.00. The Labute approximate surface area is 195 Å². The third kappa shape index (κ3) is 4.87. The van der Waals surface area contributed by atoms with Crippen LogP contribution in [0.15, 0.2) is 12.3 Å². The number of aryl methyl sites for hydroxylation is 1. The van der Waals surface area contributed by atoms with E-state index in [4.69, 9.17) is 16.3 Å². The van der Waals surface area contributed by atoms with Gasteiger partial charge in [0.25, 0.3) is 5.91 Å². The molecule has 2 aliphatic rings. The maximum absolute atomic E-state index is 12.9. The molecule has 2 aliphatic carbocycles. The average Bonchev–Trinajstić information content (AvgIpc) is 3.38. The van der Waals surface area contributed by atoms with Gasteiger partial charge < -0.3 is 15.4 Å². The van der Waals surface area contributed by atoms with Crippen molar-refractivity contribution in [3.05, 3.63) is 23.0 Å². The molecular weight excluding hydrogens is 426 g/mol. The van der Waals surface area contributed by atoms with Crippen molar-refractivity contribution >= 4 is 23.3 Å². The number of methoxy groups -OCH3 is 1. The summed E-state index contributed by atoms with van der Waals surface area (Å²) in [5.41, 5.74) is 1.63. The Kier molecular flexibility index (Phi) is 6.93. The Balaban J connectivity index is 1.53. The molecule has 2 aromatic rings. The van der Waals surface area contributed by atoms with Crippen LogP contribution in [-0.4, -0.2) is 40.4 Å². The molecule has 0 saturated heterocycles. The standard InChI is InChI=1S/C24H34ClN5O2/c1-5-30-23(17-13-26-20(11-19(17)32-4)28-18-10-15(18)3)21(25)22(29-30)24(31)27-12-16-8-6-14(2)7-9-16/h11,13-16,18H,5-10,12H2,1-4H3,(H,26,28)(H,27,31). The zero-order chi connectivity index (χ0) is 22.8. The molecule has 174 valence electrons. The molecular formula is C24H34ClN5O2. The molecule has 2 N–H and O–H groups in total. The predicted molar refractivity (Wildman–Crippen MR) is 127 cm³/mol. The third-order valence-electron chi connectivity index (χ3n) is 6.88. The molecule has 2 fully saturated rings. The van der Waals surface area contributed by atoms with Gasteiger partial charge in [-0.25, -0.2) is 4.98 Å². The number of aromatic nitrogens is 3. The molecule has 2 heterocycles. The normalized spacial score (nSPS) is 24.8. The summed E-state index contributed by atoms with van der Waals surface area (Å²) in [5.74, 6) is 3.18. The number of halogens is 1. The summed E-state index contributed by atoms with van der Waals surface area (Å²) < 4.78 is 7.39. The fourth-order valence-corrected chi connectivity index (χ4v) is 4.82. The second-order valence-corrected chi connectivity index (χ2v) is 9.77. The number of rotatable bonds is 8. The molecule has 32 heavy (non-hydrogen) atoms. The van der Waals surface area contributed by atoms with E-state index in [1.54, 1.807) is 18.0 Å². The highest BCUT2D eigenvalue weighted by molar-refractivity contribution is 6.36. The lowest BCUT2D eigenvalue weighted by atomic mass is 9.83. The quantitative estimate of drug-likeness (QED) is 0.580. The number of carbonyl (C=O) groups excluding carboxylic acids is 1. The minimum Gasteiger partial charge on any atom is -0.496 e. The van der Waals surface area contributed by atoms with E-state index < -0.39 is 0 Å². The van der Waals surface area contributed by atoms with Crippen LogP contribution in [-0.2, 0) is 6.54 Å². The highest BCUT2D eigenvalue weighted by atomic mass is 35.5. The van der Waals surface area contributed by atoms with Gasteiger partial charge in [-0.15, -0.1) is 0 Å². The van der Waals surface area contributed by atoms with Crippen LogP contribution in [0.4, 0.5) is 5.82 Å². The van der Waals surface area contributed by atoms with E-state index in [1.165, 1.54) is 12.8 Å². The lowest BCUT2D eigenvalue weighted by Crippen LogP contribution is -2.31. The summed E-state index contributed by atoms with van der Waals surface area (Å²) in [6, 6.07) is 2.35. The topological polar surface area (TPSA) is 81.1 Å². The first-order chi connectivity index (χ1) is 15.4. The second-order valence-electron chi connectivity index (χ2n) is 9.40. The second kappa shape index (κ2) is 9.69. The first-order valence-corrected chi connectivity index (χ1v) is 12.1. The zero-order valence-corrected chi connectivity index (χ0v) is 20.2. The maximum Gasteiger partial charge on any atom is 0.273 e. The monoisotopic (exact) mass is 459 g/mol. The Morgan fingerprint density at radius 3 is 2.62 bits per heavy atom. The fraction of sp³-hybridized carbons (Fsp3) is 0.625. The van der Waals surface area contributed by atoms with Gasteiger partial charge in [-0.3, -0.25) is 9.48 Å². The molecule has 2 aromatic heterocycles. The van der Waals surface area contributed by atoms with E-state index in [1.807, 2.05) is 13.0 Å². The number of anilines is 1. The molecule has 1 amide bonds. The van der Waals surface area contributed by atoms with Crippen LogP contribution >= 0.6 is 11.6 Å². The lowest BCUT2D eigenvalue weighted by molar-refractivity contribution is 0.0936. The Hall–Kier alpha value is -2.28. The third-order valence-corrected chi connectivity index (χ3v) is 7.24. The minimum atomic E-state index is -0.227. The van der Waals surface area contributed by atoms with E-state index in [0.29, 0.717) is 47.4 Å². The lowest BCUT2D eigenvalue weighted by Gasteiger charge is -2.26. The summed E-state index contributed by atoms with van der Waals surface area (Å²) in [4.78, 5) is 17.5. The van der Waals surface area contributed by atoms with E-state index >= 15 is 0 Å². The van der Waals surface area contributed by atoms with Crippen LogP contribution in [0.5, 0.6) is 5.75 Å². The van der Waals surface area contributed by atoms with Crippen molar-refractivity contribution in [2.24, 2.45) is 17.8 Å². The van der Waals surface area contributed by atoms with Crippen molar-refractivity contribution in [3.8, 4) is 17.0 Å². The molecule has 0 radical (unpaired) electrons. The molecule has 8 heteroatoms. The van der Waals surface area contributed by atoms with Crippen LogP contribution in [0.3, 0.4) is 0 Å². The van der Waals surface area contributed by atoms with Crippen LogP contribution in [0.1, 0.15) is 63.4 Å².